The van der Waals surface area contributed by atoms with E-state index in [1.807, 2.05) is 51.1 Å². The zero-order valence-electron chi connectivity index (χ0n) is 12.0. The monoisotopic (exact) mass is 276 g/mol. The van der Waals surface area contributed by atoms with E-state index in [4.69, 9.17) is 14.4 Å². The molecule has 0 amide bonds. The number of benzene rings is 1. The van der Waals surface area contributed by atoms with Crippen molar-refractivity contribution in [1.82, 2.24) is 0 Å². The molecule has 4 nitrogen and oxygen atoms in total. The first-order valence-electron chi connectivity index (χ1n) is 6.98. The van der Waals surface area contributed by atoms with Crippen LogP contribution < -0.4 is 0 Å². The van der Waals surface area contributed by atoms with Gasteiger partial charge in [-0.05, 0) is 44.9 Å². The van der Waals surface area contributed by atoms with Crippen LogP contribution in [0.25, 0.3) is 0 Å². The Morgan fingerprint density at radius 2 is 1.70 bits per heavy atom. The molecule has 20 heavy (non-hydrogen) atoms. The molecule has 1 aromatic rings. The lowest BCUT2D eigenvalue weighted by Crippen LogP contribution is -2.47. The zero-order chi connectivity index (χ0) is 14.4. The van der Waals surface area contributed by atoms with E-state index < -0.39 is 11.4 Å². The van der Waals surface area contributed by atoms with Crippen LogP contribution in [0, 0.1) is 0 Å². The molecule has 3 rings (SSSR count). The van der Waals surface area contributed by atoms with Crippen LogP contribution in [0.2, 0.25) is 0 Å². The largest absolute Gasteiger partial charge is 0.339 e. The van der Waals surface area contributed by atoms with Crippen LogP contribution in [0.3, 0.4) is 0 Å². The van der Waals surface area contributed by atoms with Gasteiger partial charge >= 0.3 is 0 Å². The van der Waals surface area contributed by atoms with Crippen LogP contribution in [0.5, 0.6) is 0 Å². The molecule has 1 aliphatic heterocycles. The van der Waals surface area contributed by atoms with E-state index in [-0.39, 0.29) is 12.2 Å². The number of hydrogen-bond donors (Lipinski definition) is 1. The Labute approximate surface area is 118 Å². The summed E-state index contributed by atoms with van der Waals surface area (Å²) < 4.78 is 12.2. The average molecular weight is 276 g/mol. The summed E-state index contributed by atoms with van der Waals surface area (Å²) in [7, 11) is 0. The minimum atomic E-state index is -0.883. The minimum Gasteiger partial charge on any atom is -0.339 e. The highest BCUT2D eigenvalue weighted by Crippen LogP contribution is 2.46. The van der Waals surface area contributed by atoms with Crippen molar-refractivity contribution in [3.63, 3.8) is 0 Å². The van der Waals surface area contributed by atoms with Crippen LogP contribution in [0.4, 0.5) is 0 Å². The van der Waals surface area contributed by atoms with Gasteiger partial charge in [0.2, 0.25) is 5.79 Å². The van der Waals surface area contributed by atoms with Crippen LogP contribution in [-0.2, 0) is 25.7 Å². The van der Waals surface area contributed by atoms with Gasteiger partial charge in [-0.15, -0.1) is 0 Å². The highest BCUT2D eigenvalue weighted by Gasteiger charge is 2.47. The highest BCUT2D eigenvalue weighted by molar-refractivity contribution is 5.44. The zero-order valence-corrected chi connectivity index (χ0v) is 12.0. The number of fused-ring (bicyclic) bond motifs is 2. The third-order valence-corrected chi connectivity index (χ3v) is 4.06. The second kappa shape index (κ2) is 4.67. The molecule has 1 saturated heterocycles. The molecule has 3 atom stereocenters. The Morgan fingerprint density at radius 3 is 2.30 bits per heavy atom. The van der Waals surface area contributed by atoms with Crippen molar-refractivity contribution in [3.8, 4) is 0 Å². The Bertz CT molecular complexity index is 529. The third kappa shape index (κ3) is 2.00. The van der Waals surface area contributed by atoms with E-state index in [0.717, 1.165) is 17.5 Å². The van der Waals surface area contributed by atoms with E-state index in [1.165, 1.54) is 0 Å². The molecule has 0 radical (unpaired) electrons. The molecule has 1 fully saturated rings. The molecule has 1 unspecified atom stereocenters. The van der Waals surface area contributed by atoms with Gasteiger partial charge in [0.15, 0.2) is 0 Å². The number of rotatable bonds is 1. The summed E-state index contributed by atoms with van der Waals surface area (Å²) in [6, 6.07) is 7.74. The molecule has 4 heteroatoms. The molecule has 0 aromatic heterocycles. The molecule has 2 aliphatic rings. The van der Waals surface area contributed by atoms with Crippen molar-refractivity contribution >= 4 is 0 Å². The fraction of sp³-hybridized carbons (Fsp3) is 0.500. The van der Waals surface area contributed by atoms with Crippen LogP contribution >= 0.6 is 0 Å². The Balaban J connectivity index is 2.13. The van der Waals surface area contributed by atoms with E-state index in [0.29, 0.717) is 0 Å². The van der Waals surface area contributed by atoms with E-state index in [9.17, 15) is 5.26 Å². The predicted molar refractivity (Wildman–Crippen MR) is 74.0 cm³/mol. The lowest BCUT2D eigenvalue weighted by Gasteiger charge is -2.46. The molecule has 108 valence electrons. The standard InChI is InChI=1S/C16H20O4/c1-11-10-12(2)19-16(18-11)9-8-15(3,20-17)13-6-4-5-7-14(13)16/h4-9,11-12,17H,10H2,1-3H3/t11-,12-,15?/m0/s1. The van der Waals surface area contributed by atoms with Crippen molar-refractivity contribution in [2.75, 3.05) is 0 Å². The van der Waals surface area contributed by atoms with Crippen LogP contribution in [0.1, 0.15) is 38.3 Å². The van der Waals surface area contributed by atoms with Gasteiger partial charge in [-0.1, -0.05) is 24.3 Å². The molecule has 0 saturated carbocycles. The average Bonchev–Trinajstić information content (AvgIpc) is 2.43. The first kappa shape index (κ1) is 13.8. The van der Waals surface area contributed by atoms with Crippen LogP contribution in [-0.4, -0.2) is 17.5 Å². The van der Waals surface area contributed by atoms with Crippen molar-refractivity contribution in [3.05, 3.63) is 47.5 Å². The molecule has 1 spiro atoms. The maximum atomic E-state index is 9.25. The lowest BCUT2D eigenvalue weighted by atomic mass is 9.81. The van der Waals surface area contributed by atoms with Gasteiger partial charge in [0.05, 0.1) is 12.2 Å². The van der Waals surface area contributed by atoms with E-state index in [1.54, 1.807) is 6.08 Å². The van der Waals surface area contributed by atoms with Crippen molar-refractivity contribution in [1.29, 1.82) is 0 Å². The molecule has 0 bridgehead atoms. The molecule has 1 aromatic carbocycles. The van der Waals surface area contributed by atoms with Gasteiger partial charge in [0.25, 0.3) is 0 Å². The SMILES string of the molecule is C[C@H]1C[C@H](C)OC2(C=CC(C)(OO)c3ccccc32)O1. The summed E-state index contributed by atoms with van der Waals surface area (Å²) in [6.45, 7) is 5.91. The molecule has 1 N–H and O–H groups in total. The van der Waals surface area contributed by atoms with Gasteiger partial charge < -0.3 is 9.47 Å². The minimum absolute atomic E-state index is 0.107. The number of hydrogen-bond acceptors (Lipinski definition) is 4. The van der Waals surface area contributed by atoms with E-state index >= 15 is 0 Å². The molecular formula is C16H20O4. The summed E-state index contributed by atoms with van der Waals surface area (Å²) in [6.07, 6.45) is 4.72. The molecule has 1 heterocycles. The van der Waals surface area contributed by atoms with Crippen molar-refractivity contribution in [2.45, 2.75) is 50.8 Å². The number of ether oxygens (including phenoxy) is 2. The second-order valence-electron chi connectivity index (χ2n) is 5.84. The first-order valence-corrected chi connectivity index (χ1v) is 6.98. The Kier molecular flexibility index (Phi) is 3.21. The second-order valence-corrected chi connectivity index (χ2v) is 5.84. The molecular weight excluding hydrogens is 256 g/mol. The predicted octanol–water partition coefficient (Wildman–Crippen LogP) is 3.33. The fourth-order valence-electron chi connectivity index (χ4n) is 3.14. The topological polar surface area (TPSA) is 47.9 Å². The smallest absolute Gasteiger partial charge is 0.216 e. The van der Waals surface area contributed by atoms with E-state index in [2.05, 4.69) is 0 Å². The van der Waals surface area contributed by atoms with Crippen molar-refractivity contribution in [2.24, 2.45) is 0 Å². The van der Waals surface area contributed by atoms with Gasteiger partial charge in [0.1, 0.15) is 5.60 Å². The summed E-state index contributed by atoms with van der Waals surface area (Å²) in [4.78, 5) is 4.69. The fourth-order valence-corrected chi connectivity index (χ4v) is 3.14. The third-order valence-electron chi connectivity index (χ3n) is 4.06. The first-order chi connectivity index (χ1) is 9.49. The highest BCUT2D eigenvalue weighted by atomic mass is 17.1. The summed E-state index contributed by atoms with van der Waals surface area (Å²) in [5.74, 6) is -0.883. The van der Waals surface area contributed by atoms with Crippen LogP contribution in [0.15, 0.2) is 36.4 Å². The van der Waals surface area contributed by atoms with Gasteiger partial charge in [-0.3, -0.25) is 5.26 Å². The summed E-state index contributed by atoms with van der Waals surface area (Å²) in [5, 5.41) is 9.25. The van der Waals surface area contributed by atoms with Gasteiger partial charge in [0, 0.05) is 5.56 Å². The Morgan fingerprint density at radius 1 is 1.10 bits per heavy atom. The van der Waals surface area contributed by atoms with Gasteiger partial charge in [-0.2, -0.15) is 0 Å². The maximum Gasteiger partial charge on any atom is 0.216 e. The maximum absolute atomic E-state index is 9.25. The lowest BCUT2D eigenvalue weighted by molar-refractivity contribution is -0.320. The normalized spacial score (nSPS) is 39.8. The Hall–Kier alpha value is -1.20. The quantitative estimate of drug-likeness (QED) is 0.485. The summed E-state index contributed by atoms with van der Waals surface area (Å²) >= 11 is 0. The van der Waals surface area contributed by atoms with Crippen molar-refractivity contribution < 1.29 is 19.6 Å². The summed E-state index contributed by atoms with van der Waals surface area (Å²) in [5.41, 5.74) is 0.863. The van der Waals surface area contributed by atoms with Gasteiger partial charge in [-0.25, -0.2) is 4.89 Å². The molecule has 1 aliphatic carbocycles.